The van der Waals surface area contributed by atoms with E-state index in [1.807, 2.05) is 6.92 Å². The van der Waals surface area contributed by atoms with E-state index in [1.54, 1.807) is 7.11 Å². The van der Waals surface area contributed by atoms with Gasteiger partial charge < -0.3 is 10.5 Å². The maximum atomic E-state index is 11.5. The van der Waals surface area contributed by atoms with Gasteiger partial charge in [-0.05, 0) is 32.1 Å². The highest BCUT2D eigenvalue weighted by molar-refractivity contribution is 7.91. The molecule has 0 heterocycles. The molecule has 0 spiro atoms. The van der Waals surface area contributed by atoms with Gasteiger partial charge in [0.05, 0.1) is 11.4 Å². The van der Waals surface area contributed by atoms with Crippen LogP contribution in [-0.2, 0) is 14.6 Å². The van der Waals surface area contributed by atoms with Gasteiger partial charge in [0, 0.05) is 19.4 Å². The molecule has 2 N–H and O–H groups in total. The van der Waals surface area contributed by atoms with E-state index in [2.05, 4.69) is 0 Å². The average Bonchev–Trinajstić information content (AvgIpc) is 2.26. The third kappa shape index (κ3) is 3.43. The van der Waals surface area contributed by atoms with Crippen molar-refractivity contribution in [2.24, 2.45) is 11.7 Å². The zero-order valence-electron chi connectivity index (χ0n) is 10.3. The van der Waals surface area contributed by atoms with Crippen LogP contribution >= 0.6 is 0 Å². The Kier molecular flexibility index (Phi) is 4.76. The summed E-state index contributed by atoms with van der Waals surface area (Å²) >= 11 is 0. The third-order valence-electron chi connectivity index (χ3n) is 3.73. The molecule has 16 heavy (non-hydrogen) atoms. The molecule has 1 fully saturated rings. The normalized spacial score (nSPS) is 31.0. The molecule has 0 amide bonds. The summed E-state index contributed by atoms with van der Waals surface area (Å²) in [6.07, 6.45) is 4.75. The number of ether oxygens (including phenoxy) is 1. The van der Waals surface area contributed by atoms with Crippen LogP contribution in [0.15, 0.2) is 0 Å². The first kappa shape index (κ1) is 13.9. The number of methoxy groups -OCH3 is 1. The highest BCUT2D eigenvalue weighted by Crippen LogP contribution is 2.31. The summed E-state index contributed by atoms with van der Waals surface area (Å²) in [4.78, 5) is 0. The van der Waals surface area contributed by atoms with Crippen LogP contribution in [0.25, 0.3) is 0 Å². The second-order valence-corrected chi connectivity index (χ2v) is 7.22. The average molecular weight is 249 g/mol. The van der Waals surface area contributed by atoms with E-state index >= 15 is 0 Å². The van der Waals surface area contributed by atoms with Crippen LogP contribution in [-0.4, -0.2) is 39.2 Å². The lowest BCUT2D eigenvalue weighted by molar-refractivity contribution is 0.0681. The number of rotatable bonds is 4. The van der Waals surface area contributed by atoms with Crippen molar-refractivity contribution < 1.29 is 13.2 Å². The van der Waals surface area contributed by atoms with E-state index in [-0.39, 0.29) is 23.3 Å². The Balaban J connectivity index is 2.64. The Labute approximate surface area is 98.5 Å². The van der Waals surface area contributed by atoms with E-state index in [0.29, 0.717) is 6.42 Å². The summed E-state index contributed by atoms with van der Waals surface area (Å²) in [6, 6.07) is -0.0606. The van der Waals surface area contributed by atoms with Crippen LogP contribution in [0.3, 0.4) is 0 Å². The van der Waals surface area contributed by atoms with E-state index in [4.69, 9.17) is 10.5 Å². The first-order valence-electron chi connectivity index (χ1n) is 5.83. The van der Waals surface area contributed by atoms with Crippen LogP contribution in [0.4, 0.5) is 0 Å². The van der Waals surface area contributed by atoms with Crippen molar-refractivity contribution in [2.45, 2.75) is 50.0 Å². The SMILES string of the molecule is COC(C)C(N)C1CCCC(S(C)(=O)=O)C1. The number of hydrogen-bond acceptors (Lipinski definition) is 4. The summed E-state index contributed by atoms with van der Waals surface area (Å²) in [6.45, 7) is 1.94. The molecule has 96 valence electrons. The van der Waals surface area contributed by atoms with Crippen LogP contribution in [0.1, 0.15) is 32.6 Å². The minimum Gasteiger partial charge on any atom is -0.380 e. The second kappa shape index (κ2) is 5.47. The molecule has 0 aromatic heterocycles. The van der Waals surface area contributed by atoms with E-state index in [0.717, 1.165) is 19.3 Å². The third-order valence-corrected chi connectivity index (χ3v) is 5.37. The number of nitrogens with two attached hydrogens (primary N) is 1. The van der Waals surface area contributed by atoms with Crippen LogP contribution in [0, 0.1) is 5.92 Å². The van der Waals surface area contributed by atoms with Crippen molar-refractivity contribution >= 4 is 9.84 Å². The molecule has 1 aliphatic carbocycles. The standard InChI is InChI=1S/C11H23NO3S/c1-8(15-2)11(12)9-5-4-6-10(7-9)16(3,13)14/h8-11H,4-7,12H2,1-3H3. The van der Waals surface area contributed by atoms with Crippen molar-refractivity contribution in [3.05, 3.63) is 0 Å². The van der Waals surface area contributed by atoms with Crippen molar-refractivity contribution in [1.82, 2.24) is 0 Å². The molecule has 5 heteroatoms. The predicted molar refractivity (Wildman–Crippen MR) is 65.0 cm³/mol. The molecule has 0 radical (unpaired) electrons. The minimum atomic E-state index is -2.92. The van der Waals surface area contributed by atoms with Gasteiger partial charge in [0.1, 0.15) is 9.84 Å². The summed E-state index contributed by atoms with van der Waals surface area (Å²) in [5, 5.41) is -0.207. The maximum Gasteiger partial charge on any atom is 0.150 e. The Hall–Kier alpha value is -0.130. The molecule has 4 atom stereocenters. The molecular weight excluding hydrogens is 226 g/mol. The van der Waals surface area contributed by atoms with Gasteiger partial charge in [0.25, 0.3) is 0 Å². The van der Waals surface area contributed by atoms with Gasteiger partial charge in [0.2, 0.25) is 0 Å². The van der Waals surface area contributed by atoms with Crippen molar-refractivity contribution in [1.29, 1.82) is 0 Å². The van der Waals surface area contributed by atoms with Crippen molar-refractivity contribution in [2.75, 3.05) is 13.4 Å². The molecule has 4 unspecified atom stereocenters. The molecule has 0 aromatic rings. The van der Waals surface area contributed by atoms with E-state index in [1.165, 1.54) is 6.26 Å². The van der Waals surface area contributed by atoms with Gasteiger partial charge >= 0.3 is 0 Å². The summed E-state index contributed by atoms with van der Waals surface area (Å²) < 4.78 is 28.3. The predicted octanol–water partition coefficient (Wildman–Crippen LogP) is 0.952. The fraction of sp³-hybridized carbons (Fsp3) is 1.00. The van der Waals surface area contributed by atoms with Crippen LogP contribution in [0.5, 0.6) is 0 Å². The van der Waals surface area contributed by atoms with Gasteiger partial charge in [-0.3, -0.25) is 0 Å². The largest absolute Gasteiger partial charge is 0.380 e. The molecule has 0 aliphatic heterocycles. The quantitative estimate of drug-likeness (QED) is 0.805. The van der Waals surface area contributed by atoms with E-state index < -0.39 is 9.84 Å². The second-order valence-electron chi connectivity index (χ2n) is 4.90. The smallest absolute Gasteiger partial charge is 0.150 e. The topological polar surface area (TPSA) is 69.4 Å². The zero-order chi connectivity index (χ0) is 12.3. The molecule has 0 saturated heterocycles. The Morgan fingerprint density at radius 3 is 2.50 bits per heavy atom. The summed E-state index contributed by atoms with van der Waals surface area (Å²) in [5.41, 5.74) is 6.09. The first-order chi connectivity index (χ1) is 7.36. The van der Waals surface area contributed by atoms with Crippen LogP contribution < -0.4 is 5.73 Å². The summed E-state index contributed by atoms with van der Waals surface area (Å²) in [5.74, 6) is 0.267. The van der Waals surface area contributed by atoms with Gasteiger partial charge in [-0.15, -0.1) is 0 Å². The Morgan fingerprint density at radius 2 is 2.00 bits per heavy atom. The Bertz CT molecular complexity index is 315. The molecule has 1 aliphatic rings. The molecule has 1 rings (SSSR count). The highest BCUT2D eigenvalue weighted by Gasteiger charge is 2.33. The van der Waals surface area contributed by atoms with Crippen molar-refractivity contribution in [3.8, 4) is 0 Å². The maximum absolute atomic E-state index is 11.5. The molecular formula is C11H23NO3S. The lowest BCUT2D eigenvalue weighted by Gasteiger charge is -2.34. The first-order valence-corrected chi connectivity index (χ1v) is 7.79. The molecule has 0 bridgehead atoms. The van der Waals surface area contributed by atoms with E-state index in [9.17, 15) is 8.42 Å². The van der Waals surface area contributed by atoms with Crippen molar-refractivity contribution in [3.63, 3.8) is 0 Å². The van der Waals surface area contributed by atoms with Gasteiger partial charge in [0.15, 0.2) is 0 Å². The van der Waals surface area contributed by atoms with Gasteiger partial charge in [-0.25, -0.2) is 8.42 Å². The Morgan fingerprint density at radius 1 is 1.38 bits per heavy atom. The zero-order valence-corrected chi connectivity index (χ0v) is 11.2. The number of sulfone groups is 1. The lowest BCUT2D eigenvalue weighted by Crippen LogP contribution is -2.44. The minimum absolute atomic E-state index is 0.0108. The van der Waals surface area contributed by atoms with Gasteiger partial charge in [-0.1, -0.05) is 6.42 Å². The molecule has 4 nitrogen and oxygen atoms in total. The lowest BCUT2D eigenvalue weighted by atomic mass is 9.82. The monoisotopic (exact) mass is 249 g/mol. The van der Waals surface area contributed by atoms with Crippen LogP contribution in [0.2, 0.25) is 0 Å². The fourth-order valence-electron chi connectivity index (χ4n) is 2.46. The molecule has 0 aromatic carbocycles. The summed E-state index contributed by atoms with van der Waals surface area (Å²) in [7, 11) is -1.28. The highest BCUT2D eigenvalue weighted by atomic mass is 32.2. The van der Waals surface area contributed by atoms with Gasteiger partial charge in [-0.2, -0.15) is 0 Å². The fourth-order valence-corrected chi connectivity index (χ4v) is 3.65. The molecule has 1 saturated carbocycles. The number of hydrogen-bond donors (Lipinski definition) is 1.